The van der Waals surface area contributed by atoms with E-state index in [1.165, 1.54) is 6.07 Å². The molecule has 0 amide bonds. The number of halogens is 2. The molecule has 1 atom stereocenters. The van der Waals surface area contributed by atoms with E-state index < -0.39 is 0 Å². The Bertz CT molecular complexity index is 376. The third-order valence-corrected chi connectivity index (χ3v) is 3.08. The average molecular weight is 286 g/mol. The molecule has 16 heavy (non-hydrogen) atoms. The maximum Gasteiger partial charge on any atom is 0.137 e. The number of benzene rings is 1. The smallest absolute Gasteiger partial charge is 0.137 e. The lowest BCUT2D eigenvalue weighted by molar-refractivity contribution is 0.619. The molecule has 0 radical (unpaired) electrons. The lowest BCUT2D eigenvalue weighted by atomic mass is 10.1. The Morgan fingerprint density at radius 2 is 2.25 bits per heavy atom. The number of hydrogen-bond acceptors (Lipinski definition) is 1. The van der Waals surface area contributed by atoms with Crippen molar-refractivity contribution in [2.24, 2.45) is 0 Å². The predicted molar refractivity (Wildman–Crippen MR) is 71.4 cm³/mol. The van der Waals surface area contributed by atoms with Gasteiger partial charge in [0.25, 0.3) is 0 Å². The van der Waals surface area contributed by atoms with Crippen LogP contribution in [0.4, 0.5) is 10.1 Å². The second-order valence-electron chi connectivity index (χ2n) is 3.99. The van der Waals surface area contributed by atoms with Crippen LogP contribution in [0, 0.1) is 12.7 Å². The van der Waals surface area contributed by atoms with E-state index in [1.54, 1.807) is 6.07 Å². The van der Waals surface area contributed by atoms with Gasteiger partial charge in [-0.15, -0.1) is 6.58 Å². The lowest BCUT2D eigenvalue weighted by Gasteiger charge is -2.16. The molecule has 3 heteroatoms. The van der Waals surface area contributed by atoms with Gasteiger partial charge in [-0.05, 0) is 60.3 Å². The molecule has 0 heterocycles. The van der Waals surface area contributed by atoms with Gasteiger partial charge in [0.15, 0.2) is 0 Å². The summed E-state index contributed by atoms with van der Waals surface area (Å²) in [5.41, 5.74) is 1.90. The summed E-state index contributed by atoms with van der Waals surface area (Å²) in [4.78, 5) is 0. The molecular formula is C13H17BrFN. The van der Waals surface area contributed by atoms with Crippen molar-refractivity contribution in [3.8, 4) is 0 Å². The highest BCUT2D eigenvalue weighted by Gasteiger charge is 2.07. The number of anilines is 1. The fourth-order valence-electron chi connectivity index (χ4n) is 1.51. The van der Waals surface area contributed by atoms with E-state index in [0.29, 0.717) is 10.5 Å². The highest BCUT2D eigenvalue weighted by molar-refractivity contribution is 9.10. The number of rotatable bonds is 5. The molecule has 0 aliphatic heterocycles. The van der Waals surface area contributed by atoms with E-state index in [9.17, 15) is 4.39 Å². The molecule has 1 aromatic carbocycles. The van der Waals surface area contributed by atoms with Crippen LogP contribution in [0.3, 0.4) is 0 Å². The Balaban J connectivity index is 2.73. The monoisotopic (exact) mass is 285 g/mol. The molecule has 0 aromatic heterocycles. The molecule has 0 aliphatic carbocycles. The van der Waals surface area contributed by atoms with E-state index in [2.05, 4.69) is 34.7 Å². The molecule has 1 N–H and O–H groups in total. The van der Waals surface area contributed by atoms with E-state index in [1.807, 2.05) is 13.0 Å². The van der Waals surface area contributed by atoms with Crippen molar-refractivity contribution < 1.29 is 4.39 Å². The van der Waals surface area contributed by atoms with E-state index >= 15 is 0 Å². The van der Waals surface area contributed by atoms with Crippen molar-refractivity contribution in [3.63, 3.8) is 0 Å². The second-order valence-corrected chi connectivity index (χ2v) is 4.85. The maximum absolute atomic E-state index is 13.2. The minimum Gasteiger partial charge on any atom is -0.382 e. The number of nitrogens with one attached hydrogen (secondary N) is 1. The first kappa shape index (κ1) is 13.2. The second kappa shape index (κ2) is 6.04. The van der Waals surface area contributed by atoms with Gasteiger partial charge >= 0.3 is 0 Å². The zero-order valence-corrected chi connectivity index (χ0v) is 11.3. The largest absolute Gasteiger partial charge is 0.382 e. The summed E-state index contributed by atoms with van der Waals surface area (Å²) in [5.74, 6) is -0.221. The van der Waals surface area contributed by atoms with Crippen LogP contribution in [0.25, 0.3) is 0 Å². The Morgan fingerprint density at radius 1 is 1.56 bits per heavy atom. The standard InChI is InChI=1S/C13H17BrFN/c1-4-5-6-10(3)16-13-8-11(14)12(15)7-9(13)2/h4,7-8,10,16H,1,5-6H2,2-3H3. The van der Waals surface area contributed by atoms with Crippen molar-refractivity contribution in [2.75, 3.05) is 5.32 Å². The summed E-state index contributed by atoms with van der Waals surface area (Å²) < 4.78 is 13.7. The molecule has 1 unspecified atom stereocenters. The van der Waals surface area contributed by atoms with Crippen LogP contribution in [0.5, 0.6) is 0 Å². The van der Waals surface area contributed by atoms with Gasteiger partial charge in [0.05, 0.1) is 4.47 Å². The maximum atomic E-state index is 13.2. The fourth-order valence-corrected chi connectivity index (χ4v) is 1.85. The third-order valence-electron chi connectivity index (χ3n) is 2.47. The van der Waals surface area contributed by atoms with Gasteiger partial charge in [0.1, 0.15) is 5.82 Å². The molecule has 1 rings (SSSR count). The number of aryl methyl sites for hydroxylation is 1. The Kier molecular flexibility index (Phi) is 5.00. The molecule has 1 nitrogen and oxygen atoms in total. The molecule has 0 saturated heterocycles. The first-order valence-electron chi connectivity index (χ1n) is 5.37. The van der Waals surface area contributed by atoms with Gasteiger partial charge in [0, 0.05) is 11.7 Å². The van der Waals surface area contributed by atoms with E-state index in [-0.39, 0.29) is 5.82 Å². The minimum atomic E-state index is -0.221. The van der Waals surface area contributed by atoms with Gasteiger partial charge < -0.3 is 5.32 Å². The van der Waals surface area contributed by atoms with Crippen molar-refractivity contribution >= 4 is 21.6 Å². The van der Waals surface area contributed by atoms with Crippen LogP contribution in [0.15, 0.2) is 29.3 Å². The SMILES string of the molecule is C=CCCC(C)Nc1cc(Br)c(F)cc1C. The van der Waals surface area contributed by atoms with E-state index in [0.717, 1.165) is 24.1 Å². The zero-order chi connectivity index (χ0) is 12.1. The van der Waals surface area contributed by atoms with Crippen LogP contribution in [-0.2, 0) is 0 Å². The molecule has 0 bridgehead atoms. The molecule has 1 aromatic rings. The van der Waals surface area contributed by atoms with Crippen LogP contribution in [0.1, 0.15) is 25.3 Å². The highest BCUT2D eigenvalue weighted by atomic mass is 79.9. The summed E-state index contributed by atoms with van der Waals surface area (Å²) in [6, 6.07) is 3.68. The quantitative estimate of drug-likeness (QED) is 0.776. The highest BCUT2D eigenvalue weighted by Crippen LogP contribution is 2.25. The first-order chi connectivity index (χ1) is 7.54. The van der Waals surface area contributed by atoms with Crippen molar-refractivity contribution in [2.45, 2.75) is 32.7 Å². The Morgan fingerprint density at radius 3 is 2.88 bits per heavy atom. The normalized spacial score (nSPS) is 12.2. The van der Waals surface area contributed by atoms with Gasteiger partial charge in [-0.2, -0.15) is 0 Å². The molecule has 0 fully saturated rings. The lowest BCUT2D eigenvalue weighted by Crippen LogP contribution is -2.15. The minimum absolute atomic E-state index is 0.221. The van der Waals surface area contributed by atoms with E-state index in [4.69, 9.17) is 0 Å². The molecule has 0 aliphatic rings. The average Bonchev–Trinajstić information content (AvgIpc) is 2.23. The summed E-state index contributed by atoms with van der Waals surface area (Å²) in [6.07, 6.45) is 3.92. The van der Waals surface area contributed by atoms with Gasteiger partial charge in [-0.25, -0.2) is 4.39 Å². The summed E-state index contributed by atoms with van der Waals surface area (Å²) in [6.45, 7) is 7.71. The zero-order valence-electron chi connectivity index (χ0n) is 9.69. The van der Waals surface area contributed by atoms with Gasteiger partial charge in [0.2, 0.25) is 0 Å². The van der Waals surface area contributed by atoms with Crippen molar-refractivity contribution in [1.82, 2.24) is 0 Å². The van der Waals surface area contributed by atoms with Gasteiger partial charge in [-0.1, -0.05) is 6.08 Å². The first-order valence-corrected chi connectivity index (χ1v) is 6.17. The molecular weight excluding hydrogens is 269 g/mol. The third kappa shape index (κ3) is 3.63. The summed E-state index contributed by atoms with van der Waals surface area (Å²) >= 11 is 3.19. The van der Waals surface area contributed by atoms with Crippen molar-refractivity contribution in [3.05, 3.63) is 40.6 Å². The molecule has 0 spiro atoms. The van der Waals surface area contributed by atoms with Crippen LogP contribution < -0.4 is 5.32 Å². The Labute approximate surface area is 105 Å². The van der Waals surface area contributed by atoms with Gasteiger partial charge in [-0.3, -0.25) is 0 Å². The predicted octanol–water partition coefficient (Wildman–Crippen LogP) is 4.66. The summed E-state index contributed by atoms with van der Waals surface area (Å²) in [5, 5.41) is 3.37. The Hall–Kier alpha value is -0.830. The van der Waals surface area contributed by atoms with Crippen LogP contribution in [-0.4, -0.2) is 6.04 Å². The van der Waals surface area contributed by atoms with Crippen LogP contribution >= 0.6 is 15.9 Å². The number of hydrogen-bond donors (Lipinski definition) is 1. The molecule has 88 valence electrons. The number of allylic oxidation sites excluding steroid dienone is 1. The van der Waals surface area contributed by atoms with Crippen LogP contribution in [0.2, 0.25) is 0 Å². The van der Waals surface area contributed by atoms with Crippen molar-refractivity contribution in [1.29, 1.82) is 0 Å². The topological polar surface area (TPSA) is 12.0 Å². The molecule has 0 saturated carbocycles. The summed E-state index contributed by atoms with van der Waals surface area (Å²) in [7, 11) is 0. The fraction of sp³-hybridized carbons (Fsp3) is 0.385.